The van der Waals surface area contributed by atoms with Crippen LogP contribution in [-0.4, -0.2) is 15.6 Å². The lowest BCUT2D eigenvalue weighted by Gasteiger charge is -2.15. The van der Waals surface area contributed by atoms with Crippen molar-refractivity contribution in [2.45, 2.75) is 6.92 Å². The molecule has 0 atom stereocenters. The van der Waals surface area contributed by atoms with Crippen LogP contribution in [0.2, 0.25) is 0 Å². The number of rotatable bonds is 2. The van der Waals surface area contributed by atoms with Crippen LogP contribution in [0.5, 0.6) is 0 Å². The van der Waals surface area contributed by atoms with Gasteiger partial charge in [-0.2, -0.15) is 0 Å². The molecular formula is C17H11F2NO3. The summed E-state index contributed by atoms with van der Waals surface area (Å²) in [5, 5.41) is 8.76. The molecule has 2 aromatic carbocycles. The first kappa shape index (κ1) is 14.9. The van der Waals surface area contributed by atoms with Crippen molar-refractivity contribution in [3.63, 3.8) is 0 Å². The number of benzene rings is 2. The topological polar surface area (TPSA) is 59.3 Å². The van der Waals surface area contributed by atoms with Crippen molar-refractivity contribution < 1.29 is 18.7 Å². The van der Waals surface area contributed by atoms with E-state index < -0.39 is 28.5 Å². The maximum absolute atomic E-state index is 14.1. The Morgan fingerprint density at radius 3 is 2.39 bits per heavy atom. The van der Waals surface area contributed by atoms with Crippen LogP contribution in [0.3, 0.4) is 0 Å². The molecule has 0 spiro atoms. The fraction of sp³-hybridized carbons (Fsp3) is 0.0588. The van der Waals surface area contributed by atoms with E-state index in [2.05, 4.69) is 0 Å². The molecule has 6 heteroatoms. The smallest absolute Gasteiger partial charge is 0.338 e. The first-order valence-electron chi connectivity index (χ1n) is 6.75. The van der Waals surface area contributed by atoms with Gasteiger partial charge in [-0.25, -0.2) is 13.6 Å². The molecule has 0 amide bonds. The van der Waals surface area contributed by atoms with Crippen LogP contribution >= 0.6 is 0 Å². The van der Waals surface area contributed by atoms with E-state index in [1.807, 2.05) is 0 Å². The molecular weight excluding hydrogens is 304 g/mol. The second-order valence-corrected chi connectivity index (χ2v) is 5.05. The van der Waals surface area contributed by atoms with Crippen LogP contribution < -0.4 is 5.56 Å². The Morgan fingerprint density at radius 1 is 1.13 bits per heavy atom. The van der Waals surface area contributed by atoms with Gasteiger partial charge in [0.15, 0.2) is 0 Å². The Kier molecular flexibility index (Phi) is 3.44. The lowest BCUT2D eigenvalue weighted by atomic mass is 10.0. The van der Waals surface area contributed by atoms with Crippen LogP contribution in [0.1, 0.15) is 16.1 Å². The molecule has 1 N–H and O–H groups in total. The Bertz CT molecular complexity index is 994. The maximum atomic E-state index is 14.1. The first-order chi connectivity index (χ1) is 10.9. The summed E-state index contributed by atoms with van der Waals surface area (Å²) in [5.41, 5.74) is -0.526. The van der Waals surface area contributed by atoms with Crippen molar-refractivity contribution in [2.24, 2.45) is 0 Å². The SMILES string of the molecule is Cc1c(C(=O)O)c2cc(F)cc(F)c2c(=O)n1-c1ccccc1. The van der Waals surface area contributed by atoms with E-state index in [0.717, 1.165) is 10.6 Å². The Labute approximate surface area is 129 Å². The highest BCUT2D eigenvalue weighted by Gasteiger charge is 2.22. The minimum atomic E-state index is -1.36. The van der Waals surface area contributed by atoms with E-state index in [1.54, 1.807) is 30.3 Å². The van der Waals surface area contributed by atoms with Crippen LogP contribution in [0.25, 0.3) is 16.5 Å². The number of fused-ring (bicyclic) bond motifs is 1. The summed E-state index contributed by atoms with van der Waals surface area (Å²) in [6.45, 7) is 1.43. The maximum Gasteiger partial charge on any atom is 0.338 e. The average Bonchev–Trinajstić information content (AvgIpc) is 2.47. The van der Waals surface area contributed by atoms with Gasteiger partial charge in [-0.15, -0.1) is 0 Å². The van der Waals surface area contributed by atoms with Gasteiger partial charge in [-0.05, 0) is 25.1 Å². The predicted molar refractivity (Wildman–Crippen MR) is 81.2 cm³/mol. The van der Waals surface area contributed by atoms with Gasteiger partial charge in [-0.1, -0.05) is 18.2 Å². The predicted octanol–water partition coefficient (Wildman–Crippen LogP) is 3.28. The zero-order valence-electron chi connectivity index (χ0n) is 12.0. The second-order valence-electron chi connectivity index (χ2n) is 5.05. The van der Waals surface area contributed by atoms with Crippen LogP contribution in [0.4, 0.5) is 8.78 Å². The highest BCUT2D eigenvalue weighted by atomic mass is 19.1. The zero-order chi connectivity index (χ0) is 16.7. The first-order valence-corrected chi connectivity index (χ1v) is 6.75. The summed E-state index contributed by atoms with van der Waals surface area (Å²) in [5.74, 6) is -3.38. The number of pyridine rings is 1. The molecule has 23 heavy (non-hydrogen) atoms. The Hall–Kier alpha value is -3.02. The summed E-state index contributed by atoms with van der Waals surface area (Å²) < 4.78 is 28.7. The lowest BCUT2D eigenvalue weighted by molar-refractivity contribution is 0.0697. The molecule has 0 radical (unpaired) electrons. The fourth-order valence-electron chi connectivity index (χ4n) is 2.72. The minimum absolute atomic E-state index is 0.103. The van der Waals surface area contributed by atoms with E-state index in [9.17, 15) is 23.5 Å². The molecule has 0 saturated carbocycles. The highest BCUT2D eigenvalue weighted by molar-refractivity contribution is 6.04. The molecule has 116 valence electrons. The highest BCUT2D eigenvalue weighted by Crippen LogP contribution is 2.25. The number of carbonyl (C=O) groups is 1. The van der Waals surface area contributed by atoms with Crippen molar-refractivity contribution in [1.29, 1.82) is 0 Å². The zero-order valence-corrected chi connectivity index (χ0v) is 12.0. The third-order valence-corrected chi connectivity index (χ3v) is 3.67. The molecule has 3 aromatic rings. The average molecular weight is 315 g/mol. The van der Waals surface area contributed by atoms with E-state index in [1.165, 1.54) is 6.92 Å². The minimum Gasteiger partial charge on any atom is -0.478 e. The fourth-order valence-corrected chi connectivity index (χ4v) is 2.72. The third kappa shape index (κ3) is 2.28. The standard InChI is InChI=1S/C17H11F2NO3/c1-9-14(17(22)23)12-7-10(18)8-13(19)15(12)16(21)20(9)11-5-3-2-4-6-11/h2-8H,1H3,(H,22,23). The number of aromatic nitrogens is 1. The molecule has 0 bridgehead atoms. The monoisotopic (exact) mass is 315 g/mol. The summed E-state index contributed by atoms with van der Waals surface area (Å²) >= 11 is 0. The van der Waals surface area contributed by atoms with Gasteiger partial charge < -0.3 is 5.11 Å². The second kappa shape index (κ2) is 5.31. The molecule has 0 aliphatic carbocycles. The summed E-state index contributed by atoms with van der Waals surface area (Å²) in [6.07, 6.45) is 0. The number of hydrogen-bond donors (Lipinski definition) is 1. The van der Waals surface area contributed by atoms with Gasteiger partial charge in [0.1, 0.15) is 11.6 Å². The largest absolute Gasteiger partial charge is 0.478 e. The Morgan fingerprint density at radius 2 is 1.78 bits per heavy atom. The number of aromatic carboxylic acids is 1. The van der Waals surface area contributed by atoms with Crippen molar-refractivity contribution in [3.05, 3.63) is 75.7 Å². The van der Waals surface area contributed by atoms with Crippen LogP contribution in [-0.2, 0) is 0 Å². The Balaban J connectivity index is 2.59. The number of hydrogen-bond acceptors (Lipinski definition) is 2. The molecule has 0 aliphatic rings. The number of halogens is 2. The van der Waals surface area contributed by atoms with Gasteiger partial charge in [0.2, 0.25) is 0 Å². The van der Waals surface area contributed by atoms with Crippen molar-refractivity contribution >= 4 is 16.7 Å². The van der Waals surface area contributed by atoms with E-state index in [0.29, 0.717) is 11.8 Å². The summed E-state index contributed by atoms with van der Waals surface area (Å²) in [4.78, 5) is 24.3. The van der Waals surface area contributed by atoms with E-state index in [-0.39, 0.29) is 16.6 Å². The molecule has 4 nitrogen and oxygen atoms in total. The molecule has 1 aromatic heterocycles. The lowest BCUT2D eigenvalue weighted by Crippen LogP contribution is -2.25. The van der Waals surface area contributed by atoms with Crippen LogP contribution in [0, 0.1) is 18.6 Å². The van der Waals surface area contributed by atoms with Crippen molar-refractivity contribution in [3.8, 4) is 5.69 Å². The van der Waals surface area contributed by atoms with Gasteiger partial charge in [0, 0.05) is 22.8 Å². The number of carboxylic acid groups (broad SMARTS) is 1. The third-order valence-electron chi connectivity index (χ3n) is 3.67. The van der Waals surface area contributed by atoms with Crippen molar-refractivity contribution in [2.75, 3.05) is 0 Å². The number of nitrogens with zero attached hydrogens (tertiary/aromatic N) is 1. The summed E-state index contributed by atoms with van der Waals surface area (Å²) in [7, 11) is 0. The molecule has 0 saturated heterocycles. The normalized spacial score (nSPS) is 10.9. The van der Waals surface area contributed by atoms with Gasteiger partial charge in [-0.3, -0.25) is 9.36 Å². The molecule has 1 heterocycles. The van der Waals surface area contributed by atoms with Gasteiger partial charge in [0.25, 0.3) is 5.56 Å². The van der Waals surface area contributed by atoms with E-state index >= 15 is 0 Å². The van der Waals surface area contributed by atoms with Gasteiger partial charge >= 0.3 is 5.97 Å². The number of para-hydroxylation sites is 1. The van der Waals surface area contributed by atoms with E-state index in [4.69, 9.17) is 0 Å². The van der Waals surface area contributed by atoms with Gasteiger partial charge in [0.05, 0.1) is 10.9 Å². The molecule has 0 unspecified atom stereocenters. The van der Waals surface area contributed by atoms with Crippen LogP contribution in [0.15, 0.2) is 47.3 Å². The molecule has 0 fully saturated rings. The summed E-state index contributed by atoms with van der Waals surface area (Å²) in [6, 6.07) is 9.73. The van der Waals surface area contributed by atoms with Crippen molar-refractivity contribution in [1.82, 2.24) is 4.57 Å². The molecule has 3 rings (SSSR count). The quantitative estimate of drug-likeness (QED) is 0.789. The molecule has 0 aliphatic heterocycles. The number of carboxylic acids is 1.